The number of rotatable bonds is 3. The van der Waals surface area contributed by atoms with Gasteiger partial charge in [0.1, 0.15) is 0 Å². The molecule has 0 aliphatic carbocycles. The topological polar surface area (TPSA) is 57.5 Å². The van der Waals surface area contributed by atoms with Crippen LogP contribution in [0.4, 0.5) is 0 Å². The molecule has 0 heterocycles. The fourth-order valence-corrected chi connectivity index (χ4v) is 1.77. The summed E-state index contributed by atoms with van der Waals surface area (Å²) >= 11 is 0. The molecule has 0 spiro atoms. The Bertz CT molecular complexity index is 481. The molecular weight excluding hydrogens is 256 g/mol. The number of hydrogen-bond acceptors (Lipinski definition) is 2. The molecule has 0 aliphatic rings. The second-order valence-corrected chi connectivity index (χ2v) is 3.75. The first-order chi connectivity index (χ1) is 8.15. The Kier molecular flexibility index (Phi) is 5.35. The molecule has 0 aliphatic heterocycles. The number of carbonyl (C=O) groups is 1. The van der Waals surface area contributed by atoms with E-state index in [9.17, 15) is 15.0 Å². The van der Waals surface area contributed by atoms with Crippen LogP contribution >= 0.6 is 0 Å². The molecule has 0 saturated carbocycles. The molecule has 0 bridgehead atoms. The molecular formula is C14H14CaO3. The quantitative estimate of drug-likeness (QED) is 0.837. The van der Waals surface area contributed by atoms with Gasteiger partial charge < -0.3 is 13.1 Å². The Labute approximate surface area is 138 Å². The van der Waals surface area contributed by atoms with Gasteiger partial charge in [-0.3, -0.25) is 0 Å². The average Bonchev–Trinajstić information content (AvgIpc) is 2.39. The Morgan fingerprint density at radius 1 is 0.889 bits per heavy atom. The van der Waals surface area contributed by atoms with Crippen molar-refractivity contribution in [2.75, 3.05) is 0 Å². The van der Waals surface area contributed by atoms with E-state index in [0.29, 0.717) is 11.1 Å². The summed E-state index contributed by atoms with van der Waals surface area (Å²) in [6.45, 7) is 0. The van der Waals surface area contributed by atoms with E-state index >= 15 is 0 Å². The minimum atomic E-state index is -2.00. The van der Waals surface area contributed by atoms with Gasteiger partial charge in [0.2, 0.25) is 5.60 Å². The number of aliphatic hydroxyl groups is 1. The monoisotopic (exact) mass is 270 g/mol. The predicted molar refractivity (Wildman–Crippen MR) is 71.5 cm³/mol. The van der Waals surface area contributed by atoms with Gasteiger partial charge in [0.05, 0.1) is 0 Å². The van der Waals surface area contributed by atoms with Crippen LogP contribution in [0.5, 0.6) is 0 Å². The van der Waals surface area contributed by atoms with E-state index in [1.807, 2.05) is 0 Å². The minimum Gasteiger partial charge on any atom is -1.00 e. The molecule has 0 radical (unpaired) electrons. The third kappa shape index (κ3) is 2.75. The number of aliphatic carboxylic acids is 1. The largest absolute Gasteiger partial charge is 2.00 e. The van der Waals surface area contributed by atoms with Crippen molar-refractivity contribution in [1.82, 2.24) is 0 Å². The molecule has 0 aromatic heterocycles. The number of carboxylic acids is 1. The molecule has 3 nitrogen and oxygen atoms in total. The van der Waals surface area contributed by atoms with Gasteiger partial charge >= 0.3 is 43.7 Å². The number of carboxylic acid groups (broad SMARTS) is 1. The fourth-order valence-electron chi connectivity index (χ4n) is 1.77. The summed E-state index contributed by atoms with van der Waals surface area (Å²) < 4.78 is 0. The normalized spacial score (nSPS) is 10.5. The van der Waals surface area contributed by atoms with Gasteiger partial charge in [-0.1, -0.05) is 60.7 Å². The number of hydrogen-bond donors (Lipinski definition) is 2. The summed E-state index contributed by atoms with van der Waals surface area (Å²) in [6.07, 6.45) is 0. The molecule has 0 fully saturated rings. The first-order valence-corrected chi connectivity index (χ1v) is 5.22. The third-order valence-corrected chi connectivity index (χ3v) is 2.69. The summed E-state index contributed by atoms with van der Waals surface area (Å²) in [6, 6.07) is 16.7. The van der Waals surface area contributed by atoms with Crippen molar-refractivity contribution in [2.24, 2.45) is 0 Å². The van der Waals surface area contributed by atoms with E-state index in [0.717, 1.165) is 0 Å². The summed E-state index contributed by atoms with van der Waals surface area (Å²) in [5, 5.41) is 19.7. The summed E-state index contributed by atoms with van der Waals surface area (Å²) in [5.74, 6) is -1.28. The van der Waals surface area contributed by atoms with Gasteiger partial charge in [0, 0.05) is 0 Å². The van der Waals surface area contributed by atoms with Crippen LogP contribution < -0.4 is 0 Å². The maximum Gasteiger partial charge on any atom is 2.00 e. The maximum atomic E-state index is 11.4. The van der Waals surface area contributed by atoms with Crippen LogP contribution in [0.2, 0.25) is 0 Å². The molecule has 0 atom stereocenters. The Hall–Kier alpha value is -0.870. The van der Waals surface area contributed by atoms with Crippen LogP contribution in [0.3, 0.4) is 0 Å². The molecule has 4 heteroatoms. The van der Waals surface area contributed by atoms with E-state index in [1.165, 1.54) is 0 Å². The van der Waals surface area contributed by atoms with E-state index in [-0.39, 0.29) is 40.6 Å². The van der Waals surface area contributed by atoms with E-state index < -0.39 is 11.6 Å². The smallest absolute Gasteiger partial charge is 1.00 e. The molecule has 2 aromatic carbocycles. The van der Waals surface area contributed by atoms with Gasteiger partial charge in [-0.25, -0.2) is 4.79 Å². The van der Waals surface area contributed by atoms with Crippen molar-refractivity contribution >= 4 is 43.7 Å². The predicted octanol–water partition coefficient (Wildman–Crippen LogP) is 1.85. The van der Waals surface area contributed by atoms with Crippen LogP contribution in [-0.2, 0) is 10.4 Å². The molecule has 2 aromatic rings. The molecule has 0 amide bonds. The van der Waals surface area contributed by atoms with Crippen LogP contribution in [0.1, 0.15) is 14.0 Å². The number of benzene rings is 2. The maximum absolute atomic E-state index is 11.4. The zero-order valence-corrected chi connectivity index (χ0v) is 12.0. The third-order valence-electron chi connectivity index (χ3n) is 2.69. The zero-order valence-electron chi connectivity index (χ0n) is 11.8. The minimum absolute atomic E-state index is 0. The molecule has 18 heavy (non-hydrogen) atoms. The van der Waals surface area contributed by atoms with Crippen molar-refractivity contribution in [2.45, 2.75) is 5.60 Å². The van der Waals surface area contributed by atoms with Crippen LogP contribution in [0.25, 0.3) is 0 Å². The van der Waals surface area contributed by atoms with Crippen molar-refractivity contribution in [3.63, 3.8) is 0 Å². The van der Waals surface area contributed by atoms with E-state index in [2.05, 4.69) is 0 Å². The Morgan fingerprint density at radius 3 is 1.50 bits per heavy atom. The Balaban J connectivity index is 0. The SMILES string of the molecule is O=C(O)C(O)(c1ccccc1)c1ccccc1.[Ca+2].[H-].[H-]. The van der Waals surface area contributed by atoms with Crippen LogP contribution in [0.15, 0.2) is 60.7 Å². The van der Waals surface area contributed by atoms with E-state index in [1.54, 1.807) is 60.7 Å². The standard InChI is InChI=1S/C14H12O3.Ca.2H/c15-13(16)14(17,11-7-3-1-4-8-11)12-9-5-2-6-10-12;;;/h1-10,17H,(H,15,16);;;/q;+2;2*-1. The second kappa shape index (κ2) is 6.34. The van der Waals surface area contributed by atoms with Gasteiger partial charge in [-0.15, -0.1) is 0 Å². The Morgan fingerprint density at radius 2 is 1.22 bits per heavy atom. The average molecular weight is 270 g/mol. The van der Waals surface area contributed by atoms with Gasteiger partial charge in [0.15, 0.2) is 0 Å². The summed E-state index contributed by atoms with van der Waals surface area (Å²) in [7, 11) is 0. The fraction of sp³-hybridized carbons (Fsp3) is 0.0714. The van der Waals surface area contributed by atoms with Gasteiger partial charge in [0.25, 0.3) is 0 Å². The summed E-state index contributed by atoms with van der Waals surface area (Å²) in [4.78, 5) is 11.4. The van der Waals surface area contributed by atoms with Crippen molar-refractivity contribution in [3.05, 3.63) is 71.8 Å². The van der Waals surface area contributed by atoms with E-state index in [4.69, 9.17) is 0 Å². The molecule has 90 valence electrons. The van der Waals surface area contributed by atoms with Crippen LogP contribution in [-0.4, -0.2) is 53.9 Å². The van der Waals surface area contributed by atoms with Gasteiger partial charge in [-0.05, 0) is 11.1 Å². The molecule has 0 unspecified atom stereocenters. The van der Waals surface area contributed by atoms with Crippen molar-refractivity contribution < 1.29 is 17.9 Å². The molecule has 0 saturated heterocycles. The molecule has 2 N–H and O–H groups in total. The first kappa shape index (κ1) is 15.2. The summed E-state index contributed by atoms with van der Waals surface area (Å²) in [5.41, 5.74) is -1.31. The van der Waals surface area contributed by atoms with Crippen LogP contribution in [0, 0.1) is 0 Å². The zero-order chi connectivity index (χ0) is 12.3. The first-order valence-electron chi connectivity index (χ1n) is 5.22. The van der Waals surface area contributed by atoms with Crippen molar-refractivity contribution in [1.29, 1.82) is 0 Å². The van der Waals surface area contributed by atoms with Crippen molar-refractivity contribution in [3.8, 4) is 0 Å². The second-order valence-electron chi connectivity index (χ2n) is 3.75. The molecule has 2 rings (SSSR count). The van der Waals surface area contributed by atoms with Gasteiger partial charge in [-0.2, -0.15) is 0 Å².